The molecule has 1 heterocycles. The van der Waals surface area contributed by atoms with Crippen molar-refractivity contribution in [3.8, 4) is 11.5 Å². The first-order valence-corrected chi connectivity index (χ1v) is 11.7. The Morgan fingerprint density at radius 1 is 1.09 bits per heavy atom. The maximum Gasteiger partial charge on any atom is 0.308 e. The SMILES string of the molecule is CCN(CC)CCN1C(=O)C(=O)/C(=C(/O)c2cc(OC)ccc2Cl)C1c1ccc(OC(C)=O)cc1. The molecule has 9 heteroatoms. The maximum absolute atomic E-state index is 13.2. The van der Waals surface area contributed by atoms with E-state index in [4.69, 9.17) is 21.1 Å². The lowest BCUT2D eigenvalue weighted by Gasteiger charge is -2.28. The Morgan fingerprint density at radius 2 is 1.71 bits per heavy atom. The van der Waals surface area contributed by atoms with Crippen LogP contribution in [0.3, 0.4) is 0 Å². The van der Waals surface area contributed by atoms with Crippen LogP contribution in [0.25, 0.3) is 5.76 Å². The van der Waals surface area contributed by atoms with Gasteiger partial charge in [0.1, 0.15) is 17.3 Å². The van der Waals surface area contributed by atoms with Gasteiger partial charge >= 0.3 is 5.97 Å². The third-order valence-electron chi connectivity index (χ3n) is 5.98. The normalized spacial score (nSPS) is 17.2. The number of ketones is 1. The molecule has 186 valence electrons. The Bertz CT molecular complexity index is 1140. The third kappa shape index (κ3) is 5.66. The first-order chi connectivity index (χ1) is 16.7. The van der Waals surface area contributed by atoms with Crippen LogP contribution in [0.4, 0.5) is 0 Å². The Labute approximate surface area is 209 Å². The van der Waals surface area contributed by atoms with E-state index in [1.54, 1.807) is 36.4 Å². The molecule has 1 unspecified atom stereocenters. The summed E-state index contributed by atoms with van der Waals surface area (Å²) in [5.41, 5.74) is 0.708. The topological polar surface area (TPSA) is 96.4 Å². The number of ether oxygens (including phenoxy) is 2. The second-order valence-electron chi connectivity index (χ2n) is 8.03. The van der Waals surface area contributed by atoms with Gasteiger partial charge in [0, 0.05) is 25.6 Å². The summed E-state index contributed by atoms with van der Waals surface area (Å²) in [6.07, 6.45) is 0. The number of hydrogen-bond acceptors (Lipinski definition) is 7. The number of rotatable bonds is 9. The van der Waals surface area contributed by atoms with E-state index in [-0.39, 0.29) is 28.5 Å². The molecule has 1 fully saturated rings. The zero-order valence-electron chi connectivity index (χ0n) is 20.2. The minimum Gasteiger partial charge on any atom is -0.507 e. The van der Waals surface area contributed by atoms with Crippen LogP contribution in [0, 0.1) is 0 Å². The molecule has 1 aliphatic rings. The molecular formula is C26H29ClN2O6. The second-order valence-corrected chi connectivity index (χ2v) is 8.44. The molecule has 2 aromatic rings. The van der Waals surface area contributed by atoms with E-state index in [1.807, 2.05) is 13.8 Å². The lowest BCUT2D eigenvalue weighted by molar-refractivity contribution is -0.140. The number of Topliss-reactive ketones (excluding diaryl/α,β-unsaturated/α-hetero) is 1. The second kappa shape index (κ2) is 11.4. The smallest absolute Gasteiger partial charge is 0.308 e. The van der Waals surface area contributed by atoms with E-state index < -0.39 is 23.7 Å². The highest BCUT2D eigenvalue weighted by atomic mass is 35.5. The number of esters is 1. The van der Waals surface area contributed by atoms with Crippen molar-refractivity contribution in [2.75, 3.05) is 33.3 Å². The van der Waals surface area contributed by atoms with E-state index in [9.17, 15) is 19.5 Å². The van der Waals surface area contributed by atoms with Gasteiger partial charge in [-0.1, -0.05) is 37.6 Å². The average molecular weight is 501 g/mol. The predicted molar refractivity (Wildman–Crippen MR) is 133 cm³/mol. The zero-order chi connectivity index (χ0) is 25.7. The number of methoxy groups -OCH3 is 1. The molecule has 2 aromatic carbocycles. The fraction of sp³-hybridized carbons (Fsp3) is 0.346. The molecule has 35 heavy (non-hydrogen) atoms. The number of carbonyl (C=O) groups is 3. The number of carbonyl (C=O) groups excluding carboxylic acids is 3. The zero-order valence-corrected chi connectivity index (χ0v) is 21.0. The van der Waals surface area contributed by atoms with Crippen molar-refractivity contribution in [1.29, 1.82) is 0 Å². The summed E-state index contributed by atoms with van der Waals surface area (Å²) < 4.78 is 10.3. The van der Waals surface area contributed by atoms with Gasteiger partial charge in [0.15, 0.2) is 0 Å². The Balaban J connectivity index is 2.13. The van der Waals surface area contributed by atoms with Gasteiger partial charge < -0.3 is 24.4 Å². The van der Waals surface area contributed by atoms with Gasteiger partial charge in [-0.25, -0.2) is 0 Å². The summed E-state index contributed by atoms with van der Waals surface area (Å²) in [6.45, 7) is 7.77. The Morgan fingerprint density at radius 3 is 2.29 bits per heavy atom. The highest BCUT2D eigenvalue weighted by Crippen LogP contribution is 2.41. The van der Waals surface area contributed by atoms with Crippen LogP contribution in [-0.4, -0.2) is 65.9 Å². The van der Waals surface area contributed by atoms with Crippen LogP contribution in [0.1, 0.15) is 37.9 Å². The fourth-order valence-electron chi connectivity index (χ4n) is 4.09. The number of aliphatic hydroxyl groups is 1. The molecule has 1 amide bonds. The summed E-state index contributed by atoms with van der Waals surface area (Å²) in [7, 11) is 1.48. The molecule has 0 radical (unpaired) electrons. The van der Waals surface area contributed by atoms with Gasteiger partial charge in [0.25, 0.3) is 11.7 Å². The van der Waals surface area contributed by atoms with Gasteiger partial charge in [-0.3, -0.25) is 14.4 Å². The molecule has 8 nitrogen and oxygen atoms in total. The average Bonchev–Trinajstić information content (AvgIpc) is 3.09. The number of benzene rings is 2. The number of nitrogens with zero attached hydrogens (tertiary/aromatic N) is 2. The standard InChI is InChI=1S/C26H29ClN2O6/c1-5-28(6-2)13-14-29-23(17-7-9-18(10-8-17)35-16(3)30)22(25(32)26(29)33)24(31)20-15-19(34-4)11-12-21(20)27/h7-12,15,23,31H,5-6,13-14H2,1-4H3/b24-22+. The molecule has 1 N–H and O–H groups in total. The quantitative estimate of drug-likeness (QED) is 0.182. The monoisotopic (exact) mass is 500 g/mol. The summed E-state index contributed by atoms with van der Waals surface area (Å²) in [5.74, 6) is -1.57. The number of aliphatic hydroxyl groups excluding tert-OH is 1. The van der Waals surface area contributed by atoms with Crippen LogP contribution in [0.15, 0.2) is 48.0 Å². The Kier molecular flexibility index (Phi) is 8.53. The molecule has 1 aliphatic heterocycles. The molecule has 0 saturated carbocycles. The molecule has 1 saturated heterocycles. The lowest BCUT2D eigenvalue weighted by Crippen LogP contribution is -2.38. The van der Waals surface area contributed by atoms with Gasteiger partial charge in [0.05, 0.1) is 23.7 Å². The first kappa shape index (κ1) is 26.2. The van der Waals surface area contributed by atoms with Crippen molar-refractivity contribution < 1.29 is 29.0 Å². The first-order valence-electron chi connectivity index (χ1n) is 11.3. The van der Waals surface area contributed by atoms with Crippen LogP contribution in [-0.2, 0) is 14.4 Å². The number of hydrogen-bond donors (Lipinski definition) is 1. The molecule has 1 atom stereocenters. The fourth-order valence-corrected chi connectivity index (χ4v) is 4.30. The highest BCUT2D eigenvalue weighted by Gasteiger charge is 2.46. The molecule has 0 aromatic heterocycles. The molecule has 0 aliphatic carbocycles. The molecular weight excluding hydrogens is 472 g/mol. The summed E-state index contributed by atoms with van der Waals surface area (Å²) >= 11 is 6.34. The van der Waals surface area contributed by atoms with E-state index in [0.717, 1.165) is 13.1 Å². The predicted octanol–water partition coefficient (Wildman–Crippen LogP) is 4.04. The van der Waals surface area contributed by atoms with Crippen LogP contribution < -0.4 is 9.47 Å². The largest absolute Gasteiger partial charge is 0.507 e. The van der Waals surface area contributed by atoms with Crippen molar-refractivity contribution >= 4 is 35.0 Å². The van der Waals surface area contributed by atoms with Crippen molar-refractivity contribution in [3.05, 3.63) is 64.2 Å². The number of amides is 1. The summed E-state index contributed by atoms with van der Waals surface area (Å²) in [6, 6.07) is 10.3. The lowest BCUT2D eigenvalue weighted by atomic mass is 9.95. The highest BCUT2D eigenvalue weighted by molar-refractivity contribution is 6.47. The van der Waals surface area contributed by atoms with Gasteiger partial charge in [0.2, 0.25) is 0 Å². The van der Waals surface area contributed by atoms with Crippen LogP contribution >= 0.6 is 11.6 Å². The molecule has 0 bridgehead atoms. The minimum absolute atomic E-state index is 0.0649. The van der Waals surface area contributed by atoms with Gasteiger partial charge in [-0.2, -0.15) is 0 Å². The van der Waals surface area contributed by atoms with E-state index in [2.05, 4.69) is 4.90 Å². The number of likely N-dealkylation sites (tertiary alicyclic amines) is 1. The summed E-state index contributed by atoms with van der Waals surface area (Å²) in [5, 5.41) is 11.5. The molecule has 0 spiro atoms. The third-order valence-corrected chi connectivity index (χ3v) is 6.31. The van der Waals surface area contributed by atoms with Crippen LogP contribution in [0.5, 0.6) is 11.5 Å². The van der Waals surface area contributed by atoms with Gasteiger partial charge in [-0.05, 0) is 49.0 Å². The van der Waals surface area contributed by atoms with E-state index in [0.29, 0.717) is 23.6 Å². The van der Waals surface area contributed by atoms with Crippen LogP contribution in [0.2, 0.25) is 5.02 Å². The van der Waals surface area contributed by atoms with E-state index >= 15 is 0 Å². The van der Waals surface area contributed by atoms with Crippen molar-refractivity contribution in [1.82, 2.24) is 9.80 Å². The number of likely N-dealkylation sites (N-methyl/N-ethyl adjacent to an activating group) is 1. The van der Waals surface area contributed by atoms with Crippen molar-refractivity contribution in [2.45, 2.75) is 26.8 Å². The van der Waals surface area contributed by atoms with Crippen molar-refractivity contribution in [3.63, 3.8) is 0 Å². The number of halogens is 1. The van der Waals surface area contributed by atoms with Gasteiger partial charge in [-0.15, -0.1) is 0 Å². The van der Waals surface area contributed by atoms with Crippen molar-refractivity contribution in [2.24, 2.45) is 0 Å². The maximum atomic E-state index is 13.2. The Hall–Kier alpha value is -3.36. The summed E-state index contributed by atoms with van der Waals surface area (Å²) in [4.78, 5) is 41.2. The minimum atomic E-state index is -0.848. The van der Waals surface area contributed by atoms with E-state index in [1.165, 1.54) is 25.0 Å². The molecule has 3 rings (SSSR count).